The molecule has 3 rings (SSSR count). The quantitative estimate of drug-likeness (QED) is 0.463. The van der Waals surface area contributed by atoms with Crippen LogP contribution in [0.3, 0.4) is 0 Å². The van der Waals surface area contributed by atoms with Gasteiger partial charge in [-0.05, 0) is 80.1 Å². The van der Waals surface area contributed by atoms with E-state index in [2.05, 4.69) is 16.9 Å². The average Bonchev–Trinajstić information content (AvgIpc) is 3.05. The lowest BCUT2D eigenvalue weighted by molar-refractivity contribution is -0.115. The van der Waals surface area contributed by atoms with Gasteiger partial charge in [0.2, 0.25) is 0 Å². The van der Waals surface area contributed by atoms with E-state index in [0.29, 0.717) is 46.9 Å². The number of carbonyl (C=O) groups excluding carboxylic acids is 1. The summed E-state index contributed by atoms with van der Waals surface area (Å²) in [6.07, 6.45) is 4.20. The average molecular weight is 427 g/mol. The van der Waals surface area contributed by atoms with Crippen LogP contribution in [0, 0.1) is 5.82 Å². The third-order valence-corrected chi connectivity index (χ3v) is 5.02. The van der Waals surface area contributed by atoms with Crippen LogP contribution in [-0.2, 0) is 11.2 Å². The molecule has 0 radical (unpaired) electrons. The predicted octanol–water partition coefficient (Wildman–Crippen LogP) is 5.24. The number of hydrogen-bond acceptors (Lipinski definition) is 5. The second kappa shape index (κ2) is 10.1. The van der Waals surface area contributed by atoms with Gasteiger partial charge in [-0.3, -0.25) is 4.79 Å². The molecule has 5 nitrogen and oxygen atoms in total. The van der Waals surface area contributed by atoms with E-state index in [9.17, 15) is 9.18 Å². The van der Waals surface area contributed by atoms with Gasteiger partial charge in [0.15, 0.2) is 16.7 Å². The molecule has 0 spiro atoms. The Bertz CT molecular complexity index is 1000. The Morgan fingerprint density at radius 2 is 1.90 bits per heavy atom. The molecule has 7 heteroatoms. The van der Waals surface area contributed by atoms with Crippen LogP contribution < -0.4 is 14.8 Å². The van der Waals surface area contributed by atoms with Crippen LogP contribution in [0.5, 0.6) is 11.5 Å². The van der Waals surface area contributed by atoms with E-state index in [1.807, 2.05) is 26.0 Å². The number of hydrogen-bond donors (Lipinski definition) is 1. The van der Waals surface area contributed by atoms with Gasteiger partial charge in [-0.25, -0.2) is 9.38 Å². The van der Waals surface area contributed by atoms with Crippen molar-refractivity contribution in [2.24, 2.45) is 4.99 Å². The fourth-order valence-corrected chi connectivity index (χ4v) is 3.75. The zero-order valence-corrected chi connectivity index (χ0v) is 17.7. The molecule has 0 aromatic heterocycles. The highest BCUT2D eigenvalue weighted by molar-refractivity contribution is 8.18. The number of aliphatic imine (C=N–C) groups is 1. The lowest BCUT2D eigenvalue weighted by atomic mass is 10.0. The summed E-state index contributed by atoms with van der Waals surface area (Å²) in [7, 11) is 0. The Balaban J connectivity index is 1.92. The minimum atomic E-state index is -0.335. The maximum absolute atomic E-state index is 13.1. The zero-order chi connectivity index (χ0) is 21.5. The Labute approximate surface area is 179 Å². The van der Waals surface area contributed by atoms with E-state index in [1.54, 1.807) is 24.3 Å². The van der Waals surface area contributed by atoms with E-state index in [1.165, 1.54) is 23.9 Å². The summed E-state index contributed by atoms with van der Waals surface area (Å²) in [6.45, 7) is 8.66. The number of thioether (sulfide) groups is 1. The summed E-state index contributed by atoms with van der Waals surface area (Å²) in [5, 5.41) is 3.18. The summed E-state index contributed by atoms with van der Waals surface area (Å²) >= 11 is 1.23. The van der Waals surface area contributed by atoms with Crippen LogP contribution in [0.2, 0.25) is 0 Å². The van der Waals surface area contributed by atoms with Gasteiger partial charge in [0.05, 0.1) is 23.8 Å². The summed E-state index contributed by atoms with van der Waals surface area (Å²) in [6, 6.07) is 9.59. The minimum absolute atomic E-state index is 0.238. The van der Waals surface area contributed by atoms with E-state index >= 15 is 0 Å². The van der Waals surface area contributed by atoms with Crippen LogP contribution in [0.25, 0.3) is 6.08 Å². The number of amidine groups is 1. The highest BCUT2D eigenvalue weighted by Gasteiger charge is 2.24. The monoisotopic (exact) mass is 426 g/mol. The molecule has 0 atom stereocenters. The first-order chi connectivity index (χ1) is 14.5. The van der Waals surface area contributed by atoms with Gasteiger partial charge in [-0.15, -0.1) is 6.58 Å². The maximum Gasteiger partial charge on any atom is 0.264 e. The van der Waals surface area contributed by atoms with Crippen molar-refractivity contribution in [3.8, 4) is 11.5 Å². The van der Waals surface area contributed by atoms with Crippen molar-refractivity contribution in [2.75, 3.05) is 13.2 Å². The summed E-state index contributed by atoms with van der Waals surface area (Å²) in [4.78, 5) is 17.3. The lowest BCUT2D eigenvalue weighted by Gasteiger charge is -2.16. The minimum Gasteiger partial charge on any atom is -0.490 e. The number of carbonyl (C=O) groups is 1. The summed E-state index contributed by atoms with van der Waals surface area (Å²) < 4.78 is 24.6. The molecule has 1 heterocycles. The summed E-state index contributed by atoms with van der Waals surface area (Å²) in [5.74, 6) is 0.759. The Hall–Kier alpha value is -3.06. The molecule has 1 amide bonds. The van der Waals surface area contributed by atoms with Crippen molar-refractivity contribution in [3.63, 3.8) is 0 Å². The Morgan fingerprint density at radius 3 is 2.57 bits per heavy atom. The molecule has 0 aliphatic carbocycles. The highest BCUT2D eigenvalue weighted by Crippen LogP contribution is 2.36. The molecule has 2 aromatic carbocycles. The van der Waals surface area contributed by atoms with Crippen LogP contribution in [0.15, 0.2) is 59.0 Å². The molecular weight excluding hydrogens is 403 g/mol. The van der Waals surface area contributed by atoms with Gasteiger partial charge in [0.1, 0.15) is 5.82 Å². The number of allylic oxidation sites excluding steroid dienone is 1. The fourth-order valence-electron chi connectivity index (χ4n) is 2.91. The zero-order valence-electron chi connectivity index (χ0n) is 16.9. The van der Waals surface area contributed by atoms with Crippen molar-refractivity contribution in [2.45, 2.75) is 20.3 Å². The molecule has 1 aliphatic rings. The van der Waals surface area contributed by atoms with Gasteiger partial charge < -0.3 is 14.8 Å². The summed E-state index contributed by atoms with van der Waals surface area (Å²) in [5.41, 5.74) is 2.32. The second-order valence-corrected chi connectivity index (χ2v) is 7.35. The van der Waals surface area contributed by atoms with Crippen molar-refractivity contribution in [1.82, 2.24) is 5.32 Å². The molecule has 1 fully saturated rings. The third-order valence-electron chi connectivity index (χ3n) is 4.11. The van der Waals surface area contributed by atoms with E-state index in [-0.39, 0.29) is 11.7 Å². The second-order valence-electron chi connectivity index (χ2n) is 6.32. The fraction of sp³-hybridized carbons (Fsp3) is 0.217. The molecule has 30 heavy (non-hydrogen) atoms. The normalized spacial score (nSPS) is 16.0. The number of halogens is 1. The molecular formula is C23H23FN2O3S. The molecule has 0 bridgehead atoms. The van der Waals surface area contributed by atoms with Gasteiger partial charge in [-0.2, -0.15) is 0 Å². The molecule has 1 N–H and O–H groups in total. The molecule has 2 aromatic rings. The van der Waals surface area contributed by atoms with E-state index < -0.39 is 0 Å². The van der Waals surface area contributed by atoms with Crippen LogP contribution in [0.1, 0.15) is 25.0 Å². The Kier molecular flexibility index (Phi) is 7.30. The lowest BCUT2D eigenvalue weighted by Crippen LogP contribution is -2.19. The van der Waals surface area contributed by atoms with Gasteiger partial charge >= 0.3 is 0 Å². The van der Waals surface area contributed by atoms with Crippen molar-refractivity contribution >= 4 is 34.6 Å². The molecule has 1 saturated heterocycles. The third kappa shape index (κ3) is 5.30. The number of rotatable bonds is 8. The maximum atomic E-state index is 13.1. The van der Waals surface area contributed by atoms with Gasteiger partial charge in [0.25, 0.3) is 5.91 Å². The van der Waals surface area contributed by atoms with Crippen molar-refractivity contribution in [3.05, 3.63) is 70.9 Å². The van der Waals surface area contributed by atoms with Gasteiger partial charge in [0, 0.05) is 5.56 Å². The first-order valence-electron chi connectivity index (χ1n) is 9.62. The number of benzene rings is 2. The standard InChI is InChI=1S/C23H23FN2O3S/c1-4-7-16-12-15(13-19(28-5-2)21(16)29-6-3)14-20-22(27)26-23(30-20)25-18-10-8-17(24)9-11-18/h4,8-14H,1,5-7H2,2-3H3,(H,25,26,27)/b20-14+. The highest BCUT2D eigenvalue weighted by atomic mass is 32.2. The Morgan fingerprint density at radius 1 is 1.17 bits per heavy atom. The van der Waals surface area contributed by atoms with Crippen molar-refractivity contribution in [1.29, 1.82) is 0 Å². The topological polar surface area (TPSA) is 59.9 Å². The number of amides is 1. The molecule has 0 saturated carbocycles. The first kappa shape index (κ1) is 21.6. The number of ether oxygens (including phenoxy) is 2. The van der Waals surface area contributed by atoms with Gasteiger partial charge in [-0.1, -0.05) is 6.08 Å². The van der Waals surface area contributed by atoms with Crippen LogP contribution in [0.4, 0.5) is 10.1 Å². The number of nitrogens with zero attached hydrogens (tertiary/aromatic N) is 1. The smallest absolute Gasteiger partial charge is 0.264 e. The molecule has 156 valence electrons. The van der Waals surface area contributed by atoms with Crippen LogP contribution >= 0.6 is 11.8 Å². The van der Waals surface area contributed by atoms with Crippen LogP contribution in [-0.4, -0.2) is 24.3 Å². The first-order valence-corrected chi connectivity index (χ1v) is 10.4. The predicted molar refractivity (Wildman–Crippen MR) is 120 cm³/mol. The van der Waals surface area contributed by atoms with Crippen molar-refractivity contribution < 1.29 is 18.7 Å². The molecule has 0 unspecified atom stereocenters. The van der Waals surface area contributed by atoms with E-state index in [4.69, 9.17) is 9.47 Å². The molecule has 1 aliphatic heterocycles. The SMILES string of the molecule is C=CCc1cc(/C=C2/SC(=Nc3ccc(F)cc3)NC2=O)cc(OCC)c1OCC. The van der Waals surface area contributed by atoms with E-state index in [0.717, 1.165) is 11.1 Å². The largest absolute Gasteiger partial charge is 0.490 e. The number of nitrogens with one attached hydrogen (secondary N) is 1.